The van der Waals surface area contributed by atoms with E-state index >= 15 is 0 Å². The van der Waals surface area contributed by atoms with Gasteiger partial charge in [0, 0.05) is 24.7 Å². The summed E-state index contributed by atoms with van der Waals surface area (Å²) >= 11 is 0. The predicted octanol–water partition coefficient (Wildman–Crippen LogP) is 1.85. The molecule has 0 radical (unpaired) electrons. The zero-order valence-corrected chi connectivity index (χ0v) is 14.6. The molecule has 0 aliphatic carbocycles. The van der Waals surface area contributed by atoms with Crippen LogP contribution in [0.1, 0.15) is 31.7 Å². The standard InChI is InChI=1S/C17H25N3O5/c1-12(18)14-5-3-4-8-19(14)10-13-6-7-16(15(9-13)20(22)23)25-11-17(21)24-2/h6-7,9,12,14H,3-5,8,10-11,18H2,1-2H3. The Hall–Kier alpha value is -2.19. The van der Waals surface area contributed by atoms with Gasteiger partial charge in [-0.25, -0.2) is 4.79 Å². The van der Waals surface area contributed by atoms with Gasteiger partial charge in [0.25, 0.3) is 0 Å². The summed E-state index contributed by atoms with van der Waals surface area (Å²) in [6, 6.07) is 5.15. The van der Waals surface area contributed by atoms with Crippen molar-refractivity contribution in [2.45, 2.75) is 44.8 Å². The number of nitrogens with zero attached hydrogens (tertiary/aromatic N) is 2. The number of piperidine rings is 1. The van der Waals surface area contributed by atoms with Gasteiger partial charge in [-0.15, -0.1) is 0 Å². The molecule has 138 valence electrons. The van der Waals surface area contributed by atoms with Crippen LogP contribution in [0.2, 0.25) is 0 Å². The summed E-state index contributed by atoms with van der Waals surface area (Å²) in [5.41, 5.74) is 6.75. The van der Waals surface area contributed by atoms with Crippen LogP contribution in [0.25, 0.3) is 0 Å². The molecule has 25 heavy (non-hydrogen) atoms. The Balaban J connectivity index is 2.14. The van der Waals surface area contributed by atoms with E-state index in [4.69, 9.17) is 10.5 Å². The fraction of sp³-hybridized carbons (Fsp3) is 0.588. The maximum Gasteiger partial charge on any atom is 0.343 e. The first-order valence-corrected chi connectivity index (χ1v) is 8.39. The van der Waals surface area contributed by atoms with E-state index in [-0.39, 0.29) is 30.1 Å². The van der Waals surface area contributed by atoms with Crippen molar-refractivity contribution in [3.63, 3.8) is 0 Å². The second-order valence-electron chi connectivity index (χ2n) is 6.32. The van der Waals surface area contributed by atoms with Gasteiger partial charge in [0.15, 0.2) is 12.4 Å². The molecule has 1 aromatic rings. The highest BCUT2D eigenvalue weighted by atomic mass is 16.6. The van der Waals surface area contributed by atoms with Crippen molar-refractivity contribution in [2.75, 3.05) is 20.3 Å². The molecule has 2 rings (SSSR count). The van der Waals surface area contributed by atoms with E-state index in [1.54, 1.807) is 6.07 Å². The zero-order valence-electron chi connectivity index (χ0n) is 14.6. The summed E-state index contributed by atoms with van der Waals surface area (Å²) in [4.78, 5) is 24.3. The fourth-order valence-corrected chi connectivity index (χ4v) is 3.16. The van der Waals surface area contributed by atoms with Crippen LogP contribution >= 0.6 is 0 Å². The first kappa shape index (κ1) is 19.1. The van der Waals surface area contributed by atoms with Crippen molar-refractivity contribution >= 4 is 11.7 Å². The molecule has 1 heterocycles. The second kappa shape index (κ2) is 8.77. The Kier molecular flexibility index (Phi) is 6.72. The molecule has 0 spiro atoms. The Morgan fingerprint density at radius 1 is 1.48 bits per heavy atom. The molecule has 8 heteroatoms. The fourth-order valence-electron chi connectivity index (χ4n) is 3.16. The number of methoxy groups -OCH3 is 1. The highest BCUT2D eigenvalue weighted by molar-refractivity contribution is 5.71. The van der Waals surface area contributed by atoms with Crippen LogP contribution < -0.4 is 10.5 Å². The van der Waals surface area contributed by atoms with E-state index in [9.17, 15) is 14.9 Å². The molecule has 8 nitrogen and oxygen atoms in total. The Bertz CT molecular complexity index is 620. The topological polar surface area (TPSA) is 108 Å². The number of rotatable bonds is 7. The maximum atomic E-state index is 11.3. The van der Waals surface area contributed by atoms with Crippen molar-refractivity contribution < 1.29 is 19.2 Å². The van der Waals surface area contributed by atoms with Gasteiger partial charge in [0.2, 0.25) is 0 Å². The molecule has 1 aliphatic heterocycles. The quantitative estimate of drug-likeness (QED) is 0.454. The maximum absolute atomic E-state index is 11.3. The third-order valence-corrected chi connectivity index (χ3v) is 4.45. The van der Waals surface area contributed by atoms with E-state index in [0.29, 0.717) is 6.54 Å². The average molecular weight is 351 g/mol. The summed E-state index contributed by atoms with van der Waals surface area (Å²) in [6.45, 7) is 3.16. The SMILES string of the molecule is COC(=O)COc1ccc(CN2CCCCC2C(C)N)cc1[N+](=O)[O-]. The van der Waals surface area contributed by atoms with Gasteiger partial charge in [-0.2, -0.15) is 0 Å². The Morgan fingerprint density at radius 2 is 2.24 bits per heavy atom. The third-order valence-electron chi connectivity index (χ3n) is 4.45. The average Bonchev–Trinajstić information content (AvgIpc) is 2.60. The number of carbonyl (C=O) groups is 1. The lowest BCUT2D eigenvalue weighted by Crippen LogP contribution is -2.48. The molecule has 0 bridgehead atoms. The van der Waals surface area contributed by atoms with Gasteiger partial charge in [-0.3, -0.25) is 15.0 Å². The number of hydrogen-bond acceptors (Lipinski definition) is 7. The highest BCUT2D eigenvalue weighted by Crippen LogP contribution is 2.30. The van der Waals surface area contributed by atoms with Crippen LogP contribution in [-0.2, 0) is 16.1 Å². The minimum atomic E-state index is -0.591. The molecule has 0 saturated carbocycles. The second-order valence-corrected chi connectivity index (χ2v) is 6.32. The molecular formula is C17H25N3O5. The molecule has 1 saturated heterocycles. The summed E-state index contributed by atoms with van der Waals surface area (Å²) in [7, 11) is 1.23. The molecule has 2 atom stereocenters. The first-order valence-electron chi connectivity index (χ1n) is 8.39. The lowest BCUT2D eigenvalue weighted by molar-refractivity contribution is -0.385. The van der Waals surface area contributed by atoms with Gasteiger partial charge in [-0.1, -0.05) is 12.5 Å². The van der Waals surface area contributed by atoms with Crippen molar-refractivity contribution in [3.05, 3.63) is 33.9 Å². The molecule has 1 fully saturated rings. The van der Waals surface area contributed by atoms with E-state index in [1.807, 2.05) is 6.92 Å². The molecule has 1 aromatic carbocycles. The van der Waals surface area contributed by atoms with Gasteiger partial charge in [0.1, 0.15) is 0 Å². The summed E-state index contributed by atoms with van der Waals surface area (Å²) in [5.74, 6) is -0.534. The van der Waals surface area contributed by atoms with Crippen LogP contribution in [-0.4, -0.2) is 48.1 Å². The minimum absolute atomic E-state index is 0.0537. The van der Waals surface area contributed by atoms with Crippen molar-refractivity contribution in [1.29, 1.82) is 0 Å². The van der Waals surface area contributed by atoms with Crippen LogP contribution in [0.5, 0.6) is 5.75 Å². The van der Waals surface area contributed by atoms with Crippen LogP contribution in [0.4, 0.5) is 5.69 Å². The van der Waals surface area contributed by atoms with Gasteiger partial charge < -0.3 is 15.2 Å². The Labute approximate surface area is 147 Å². The van der Waals surface area contributed by atoms with Crippen molar-refractivity contribution in [3.8, 4) is 5.75 Å². The van der Waals surface area contributed by atoms with Crippen LogP contribution in [0.15, 0.2) is 18.2 Å². The number of benzene rings is 1. The number of hydrogen-bond donors (Lipinski definition) is 1. The number of nitrogens with two attached hydrogens (primary N) is 1. The van der Waals surface area contributed by atoms with Crippen LogP contribution in [0.3, 0.4) is 0 Å². The van der Waals surface area contributed by atoms with Crippen molar-refractivity contribution in [2.24, 2.45) is 5.73 Å². The van der Waals surface area contributed by atoms with E-state index in [1.165, 1.54) is 19.2 Å². The molecule has 2 N–H and O–H groups in total. The number of carbonyl (C=O) groups excluding carboxylic acids is 1. The number of ether oxygens (including phenoxy) is 2. The summed E-state index contributed by atoms with van der Waals surface area (Å²) in [5, 5.41) is 11.3. The van der Waals surface area contributed by atoms with Gasteiger partial charge in [0.05, 0.1) is 12.0 Å². The Morgan fingerprint density at radius 3 is 2.88 bits per heavy atom. The molecular weight excluding hydrogens is 326 g/mol. The van der Waals surface area contributed by atoms with Crippen LogP contribution in [0, 0.1) is 10.1 Å². The number of likely N-dealkylation sites (tertiary alicyclic amines) is 1. The smallest absolute Gasteiger partial charge is 0.343 e. The first-order chi connectivity index (χ1) is 11.9. The van der Waals surface area contributed by atoms with Gasteiger partial charge >= 0.3 is 11.7 Å². The molecule has 2 unspecified atom stereocenters. The molecule has 0 aromatic heterocycles. The highest BCUT2D eigenvalue weighted by Gasteiger charge is 2.26. The zero-order chi connectivity index (χ0) is 18.4. The third kappa shape index (κ3) is 5.14. The summed E-state index contributed by atoms with van der Waals surface area (Å²) < 4.78 is 9.68. The molecule has 0 amide bonds. The number of nitro benzene ring substituents is 1. The lowest BCUT2D eigenvalue weighted by atomic mass is 9.96. The van der Waals surface area contributed by atoms with E-state index < -0.39 is 10.9 Å². The van der Waals surface area contributed by atoms with Gasteiger partial charge in [-0.05, 0) is 37.9 Å². The van der Waals surface area contributed by atoms with E-state index in [0.717, 1.165) is 31.4 Å². The molecule has 1 aliphatic rings. The largest absolute Gasteiger partial charge is 0.475 e. The number of nitro groups is 1. The monoisotopic (exact) mass is 351 g/mol. The normalized spacial score (nSPS) is 19.2. The minimum Gasteiger partial charge on any atom is -0.475 e. The number of esters is 1. The lowest BCUT2D eigenvalue weighted by Gasteiger charge is -2.38. The van der Waals surface area contributed by atoms with E-state index in [2.05, 4.69) is 9.64 Å². The predicted molar refractivity (Wildman–Crippen MR) is 92.3 cm³/mol. The van der Waals surface area contributed by atoms with Crippen molar-refractivity contribution in [1.82, 2.24) is 4.90 Å². The summed E-state index contributed by atoms with van der Waals surface area (Å²) in [6.07, 6.45) is 3.30.